The number of azide groups is 1. The molecule has 1 aromatic rings. The zero-order valence-corrected chi connectivity index (χ0v) is 11.0. The molecule has 2 rings (SSSR count). The van der Waals surface area contributed by atoms with Crippen molar-refractivity contribution >= 4 is 23.3 Å². The standard InChI is InChI=1S/C12H13N5O4/c13-15-14-10-6-11(16-3-1-9(19)2-4-16)12(17(20)21)5-8(10)7-18/h5-7,9,19H,1-4H2. The molecule has 9 heteroatoms. The van der Waals surface area contributed by atoms with Gasteiger partial charge in [-0.05, 0) is 24.4 Å². The lowest BCUT2D eigenvalue weighted by molar-refractivity contribution is -0.384. The van der Waals surface area contributed by atoms with E-state index in [1.807, 2.05) is 0 Å². The minimum atomic E-state index is -0.576. The van der Waals surface area contributed by atoms with Crippen LogP contribution in [0.5, 0.6) is 0 Å². The molecule has 1 aliphatic rings. The fourth-order valence-electron chi connectivity index (χ4n) is 2.32. The fourth-order valence-corrected chi connectivity index (χ4v) is 2.32. The van der Waals surface area contributed by atoms with Gasteiger partial charge in [0.25, 0.3) is 5.69 Å². The SMILES string of the molecule is [N-]=[N+]=Nc1cc(N2CCC(O)CC2)c([N+](=O)[O-])cc1C=O. The first-order chi connectivity index (χ1) is 10.1. The van der Waals surface area contributed by atoms with Gasteiger partial charge >= 0.3 is 0 Å². The summed E-state index contributed by atoms with van der Waals surface area (Å²) >= 11 is 0. The Bertz CT molecular complexity index is 618. The van der Waals surface area contributed by atoms with E-state index in [1.54, 1.807) is 4.90 Å². The van der Waals surface area contributed by atoms with Crippen molar-refractivity contribution in [3.05, 3.63) is 38.3 Å². The molecule has 1 saturated heterocycles. The topological polar surface area (TPSA) is 132 Å². The number of carbonyl (C=O) groups excluding carboxylic acids is 1. The average molecular weight is 291 g/mol. The highest BCUT2D eigenvalue weighted by Gasteiger charge is 2.25. The summed E-state index contributed by atoms with van der Waals surface area (Å²) in [5.41, 5.74) is 8.62. The number of aliphatic hydroxyl groups excluding tert-OH is 1. The van der Waals surface area contributed by atoms with Gasteiger partial charge in [-0.3, -0.25) is 14.9 Å². The van der Waals surface area contributed by atoms with Gasteiger partial charge in [-0.25, -0.2) is 0 Å². The summed E-state index contributed by atoms with van der Waals surface area (Å²) in [5, 5.41) is 24.1. The van der Waals surface area contributed by atoms with Crippen molar-refractivity contribution in [1.82, 2.24) is 0 Å². The first kappa shape index (κ1) is 14.8. The Balaban J connectivity index is 2.51. The molecule has 9 nitrogen and oxygen atoms in total. The normalized spacial score (nSPS) is 15.4. The van der Waals surface area contributed by atoms with Crippen LogP contribution in [0.1, 0.15) is 23.2 Å². The maximum absolute atomic E-state index is 11.2. The van der Waals surface area contributed by atoms with E-state index in [0.29, 0.717) is 37.9 Å². The molecule has 0 saturated carbocycles. The van der Waals surface area contributed by atoms with Crippen LogP contribution < -0.4 is 4.90 Å². The van der Waals surface area contributed by atoms with Crippen molar-refractivity contribution in [2.45, 2.75) is 18.9 Å². The second-order valence-electron chi connectivity index (χ2n) is 4.68. The lowest BCUT2D eigenvalue weighted by atomic mass is 10.1. The fraction of sp³-hybridized carbons (Fsp3) is 0.417. The average Bonchev–Trinajstić information content (AvgIpc) is 2.47. The van der Waals surface area contributed by atoms with Crippen LogP contribution in [0.3, 0.4) is 0 Å². The van der Waals surface area contributed by atoms with Gasteiger partial charge in [-0.1, -0.05) is 5.11 Å². The van der Waals surface area contributed by atoms with Crippen molar-refractivity contribution < 1.29 is 14.8 Å². The monoisotopic (exact) mass is 291 g/mol. The van der Waals surface area contributed by atoms with Gasteiger partial charge in [0.2, 0.25) is 0 Å². The van der Waals surface area contributed by atoms with E-state index >= 15 is 0 Å². The first-order valence-electron chi connectivity index (χ1n) is 6.32. The Hall–Kier alpha value is -2.64. The van der Waals surface area contributed by atoms with Gasteiger partial charge in [0.05, 0.1) is 16.7 Å². The number of aldehydes is 1. The number of hydrogen-bond donors (Lipinski definition) is 1. The molecule has 0 bridgehead atoms. The van der Waals surface area contributed by atoms with Crippen LogP contribution in [-0.2, 0) is 0 Å². The highest BCUT2D eigenvalue weighted by molar-refractivity contribution is 5.88. The van der Waals surface area contributed by atoms with Gasteiger partial charge in [-0.2, -0.15) is 0 Å². The molecule has 1 heterocycles. The minimum Gasteiger partial charge on any atom is -0.393 e. The van der Waals surface area contributed by atoms with Gasteiger partial charge in [0.1, 0.15) is 5.69 Å². The van der Waals surface area contributed by atoms with E-state index in [2.05, 4.69) is 10.0 Å². The third-order valence-electron chi connectivity index (χ3n) is 3.41. The maximum atomic E-state index is 11.2. The molecular formula is C12H13N5O4. The summed E-state index contributed by atoms with van der Waals surface area (Å²) in [6.45, 7) is 0.913. The number of piperidine rings is 1. The van der Waals surface area contributed by atoms with Crippen LogP contribution in [0.2, 0.25) is 0 Å². The number of carbonyl (C=O) groups is 1. The van der Waals surface area contributed by atoms with Crippen molar-refractivity contribution in [3.8, 4) is 0 Å². The van der Waals surface area contributed by atoms with Gasteiger partial charge < -0.3 is 10.0 Å². The molecule has 0 aliphatic carbocycles. The number of benzene rings is 1. The lowest BCUT2D eigenvalue weighted by Gasteiger charge is -2.31. The second kappa shape index (κ2) is 6.21. The Labute approximate surface area is 119 Å². The molecule has 0 atom stereocenters. The predicted octanol–water partition coefficient (Wildman–Crippen LogP) is 2.31. The van der Waals surface area contributed by atoms with E-state index in [0.717, 1.165) is 6.07 Å². The maximum Gasteiger partial charge on any atom is 0.293 e. The van der Waals surface area contributed by atoms with Gasteiger partial charge in [0, 0.05) is 29.6 Å². The lowest BCUT2D eigenvalue weighted by Crippen LogP contribution is -2.36. The highest BCUT2D eigenvalue weighted by Crippen LogP contribution is 2.36. The quantitative estimate of drug-likeness (QED) is 0.227. The predicted molar refractivity (Wildman–Crippen MR) is 74.7 cm³/mol. The van der Waals surface area contributed by atoms with Crippen LogP contribution in [0.4, 0.5) is 17.1 Å². The van der Waals surface area contributed by atoms with Crippen molar-refractivity contribution in [2.24, 2.45) is 5.11 Å². The van der Waals surface area contributed by atoms with Crippen LogP contribution in [0.25, 0.3) is 10.4 Å². The van der Waals surface area contributed by atoms with E-state index in [4.69, 9.17) is 5.53 Å². The number of nitro groups is 1. The molecule has 0 amide bonds. The van der Waals surface area contributed by atoms with Crippen LogP contribution >= 0.6 is 0 Å². The van der Waals surface area contributed by atoms with Crippen LogP contribution in [0, 0.1) is 10.1 Å². The smallest absolute Gasteiger partial charge is 0.293 e. The third kappa shape index (κ3) is 3.10. The molecule has 110 valence electrons. The van der Waals surface area contributed by atoms with Crippen molar-refractivity contribution in [3.63, 3.8) is 0 Å². The molecule has 1 aliphatic heterocycles. The molecule has 0 spiro atoms. The highest BCUT2D eigenvalue weighted by atomic mass is 16.6. The largest absolute Gasteiger partial charge is 0.393 e. The van der Waals surface area contributed by atoms with E-state index in [1.165, 1.54) is 6.07 Å². The van der Waals surface area contributed by atoms with Gasteiger partial charge in [-0.15, -0.1) is 0 Å². The summed E-state index contributed by atoms with van der Waals surface area (Å²) < 4.78 is 0. The Morgan fingerprint density at radius 2 is 2.14 bits per heavy atom. The van der Waals surface area contributed by atoms with Crippen LogP contribution in [0.15, 0.2) is 17.2 Å². The summed E-state index contributed by atoms with van der Waals surface area (Å²) in [7, 11) is 0. The molecule has 21 heavy (non-hydrogen) atoms. The molecule has 1 N–H and O–H groups in total. The Morgan fingerprint density at radius 1 is 1.48 bits per heavy atom. The second-order valence-corrected chi connectivity index (χ2v) is 4.68. The zero-order chi connectivity index (χ0) is 15.4. The van der Waals surface area contributed by atoms with Crippen molar-refractivity contribution in [1.29, 1.82) is 0 Å². The zero-order valence-electron chi connectivity index (χ0n) is 11.0. The van der Waals surface area contributed by atoms with Crippen LogP contribution in [-0.4, -0.2) is 35.5 Å². The molecule has 0 aromatic heterocycles. The van der Waals surface area contributed by atoms with E-state index < -0.39 is 11.0 Å². The Morgan fingerprint density at radius 3 is 2.67 bits per heavy atom. The van der Waals surface area contributed by atoms with E-state index in [9.17, 15) is 20.0 Å². The summed E-state index contributed by atoms with van der Waals surface area (Å²) in [4.78, 5) is 25.9. The summed E-state index contributed by atoms with van der Waals surface area (Å²) in [6, 6.07) is 2.46. The molecule has 1 aromatic carbocycles. The van der Waals surface area contributed by atoms with Crippen molar-refractivity contribution in [2.75, 3.05) is 18.0 Å². The summed E-state index contributed by atoms with van der Waals surface area (Å²) in [6.07, 6.45) is 1.01. The number of aliphatic hydroxyl groups is 1. The number of nitro benzene ring substituents is 1. The number of anilines is 1. The molecular weight excluding hydrogens is 278 g/mol. The number of nitrogens with zero attached hydrogens (tertiary/aromatic N) is 5. The molecule has 0 unspecified atom stereocenters. The number of rotatable bonds is 4. The third-order valence-corrected chi connectivity index (χ3v) is 3.41. The van der Waals surface area contributed by atoms with Gasteiger partial charge in [0.15, 0.2) is 6.29 Å². The minimum absolute atomic E-state index is 0.0275. The first-order valence-corrected chi connectivity index (χ1v) is 6.32. The molecule has 0 radical (unpaired) electrons. The molecule has 1 fully saturated rings. The van der Waals surface area contributed by atoms with E-state index in [-0.39, 0.29) is 16.9 Å². The Kier molecular flexibility index (Phi) is 4.36. The summed E-state index contributed by atoms with van der Waals surface area (Å²) in [5.74, 6) is 0. The number of hydrogen-bond acceptors (Lipinski definition) is 6.